The maximum Gasteiger partial charge on any atom is 0.224 e. The predicted octanol–water partition coefficient (Wildman–Crippen LogP) is 3.25. The molecule has 0 aliphatic rings. The minimum Gasteiger partial charge on any atom is -0.399 e. The van der Waals surface area contributed by atoms with Crippen molar-refractivity contribution in [1.82, 2.24) is 4.90 Å². The van der Waals surface area contributed by atoms with E-state index in [9.17, 15) is 9.18 Å². The van der Waals surface area contributed by atoms with E-state index in [1.165, 1.54) is 18.2 Å². The molecule has 4 nitrogen and oxygen atoms in total. The fourth-order valence-corrected chi connectivity index (χ4v) is 2.21. The van der Waals surface area contributed by atoms with E-state index in [2.05, 4.69) is 31.0 Å². The van der Waals surface area contributed by atoms with Gasteiger partial charge >= 0.3 is 0 Å². The van der Waals surface area contributed by atoms with Gasteiger partial charge in [-0.1, -0.05) is 6.92 Å². The minimum absolute atomic E-state index is 0.147. The molecule has 21 heavy (non-hydrogen) atoms. The highest BCUT2D eigenvalue weighted by molar-refractivity contribution is 5.91. The number of nitrogen functional groups attached to an aromatic ring is 1. The molecule has 0 atom stereocenters. The predicted molar refractivity (Wildman–Crippen MR) is 85.7 cm³/mol. The Morgan fingerprint density at radius 3 is 2.71 bits per heavy atom. The van der Waals surface area contributed by atoms with Crippen LogP contribution in [0.15, 0.2) is 18.2 Å². The summed E-state index contributed by atoms with van der Waals surface area (Å²) in [5, 5.41) is 2.57. The average molecular weight is 295 g/mol. The van der Waals surface area contributed by atoms with Gasteiger partial charge in [-0.15, -0.1) is 0 Å². The molecule has 0 aromatic heterocycles. The van der Waals surface area contributed by atoms with Crippen molar-refractivity contribution in [2.75, 3.05) is 24.1 Å². The van der Waals surface area contributed by atoms with E-state index in [0.717, 1.165) is 25.9 Å². The summed E-state index contributed by atoms with van der Waals surface area (Å²) in [6, 6.07) is 4.63. The zero-order chi connectivity index (χ0) is 15.8. The molecule has 118 valence electrons. The van der Waals surface area contributed by atoms with Crippen LogP contribution in [0.1, 0.15) is 40.0 Å². The molecular weight excluding hydrogens is 269 g/mol. The molecular formula is C16H26FN3O. The fraction of sp³-hybridized carbons (Fsp3) is 0.562. The van der Waals surface area contributed by atoms with Crippen molar-refractivity contribution >= 4 is 17.3 Å². The van der Waals surface area contributed by atoms with E-state index >= 15 is 0 Å². The first-order valence-electron chi connectivity index (χ1n) is 7.53. The number of amides is 1. The van der Waals surface area contributed by atoms with Crippen LogP contribution in [0.2, 0.25) is 0 Å². The average Bonchev–Trinajstić information content (AvgIpc) is 2.41. The molecule has 0 fully saturated rings. The Hall–Kier alpha value is -1.62. The quantitative estimate of drug-likeness (QED) is 0.724. The molecule has 1 amide bonds. The number of hydrogen-bond donors (Lipinski definition) is 2. The first-order valence-corrected chi connectivity index (χ1v) is 7.53. The molecule has 0 aliphatic carbocycles. The fourth-order valence-electron chi connectivity index (χ4n) is 2.21. The molecule has 1 aromatic rings. The van der Waals surface area contributed by atoms with Gasteiger partial charge in [0.25, 0.3) is 0 Å². The Bertz CT molecular complexity index is 463. The van der Waals surface area contributed by atoms with Crippen LogP contribution in [-0.4, -0.2) is 29.9 Å². The van der Waals surface area contributed by atoms with E-state index in [-0.39, 0.29) is 11.6 Å². The van der Waals surface area contributed by atoms with Gasteiger partial charge in [-0.05, 0) is 58.0 Å². The molecule has 0 saturated heterocycles. The number of halogens is 1. The summed E-state index contributed by atoms with van der Waals surface area (Å²) in [7, 11) is 0. The standard InChI is InChI=1S/C16H26FN3O/c1-4-9-20(12(2)3)10-5-6-16(21)19-15-11-13(18)7-8-14(15)17/h7-8,11-12H,4-6,9-10,18H2,1-3H3,(H,19,21). The summed E-state index contributed by atoms with van der Waals surface area (Å²) in [6.07, 6.45) is 2.23. The maximum atomic E-state index is 13.5. The van der Waals surface area contributed by atoms with Crippen LogP contribution in [0.3, 0.4) is 0 Å². The van der Waals surface area contributed by atoms with Crippen LogP contribution in [0.25, 0.3) is 0 Å². The monoisotopic (exact) mass is 295 g/mol. The van der Waals surface area contributed by atoms with Gasteiger partial charge in [-0.25, -0.2) is 4.39 Å². The van der Waals surface area contributed by atoms with Crippen molar-refractivity contribution < 1.29 is 9.18 Å². The number of nitrogens with one attached hydrogen (secondary N) is 1. The number of rotatable bonds is 8. The topological polar surface area (TPSA) is 58.4 Å². The summed E-state index contributed by atoms with van der Waals surface area (Å²) in [6.45, 7) is 8.35. The number of nitrogens with two attached hydrogens (primary N) is 1. The van der Waals surface area contributed by atoms with Crippen molar-refractivity contribution in [2.45, 2.75) is 46.1 Å². The second kappa shape index (κ2) is 8.62. The largest absolute Gasteiger partial charge is 0.399 e. The van der Waals surface area contributed by atoms with Crippen LogP contribution in [0.4, 0.5) is 15.8 Å². The number of hydrogen-bond acceptors (Lipinski definition) is 3. The molecule has 0 heterocycles. The van der Waals surface area contributed by atoms with Gasteiger partial charge in [0.15, 0.2) is 0 Å². The summed E-state index contributed by atoms with van der Waals surface area (Å²) in [5.41, 5.74) is 6.16. The van der Waals surface area contributed by atoms with Crippen molar-refractivity contribution in [3.8, 4) is 0 Å². The normalized spacial score (nSPS) is 11.1. The molecule has 1 rings (SSSR count). The van der Waals surface area contributed by atoms with Gasteiger partial charge in [0.2, 0.25) is 5.91 Å². The third-order valence-corrected chi connectivity index (χ3v) is 3.35. The Labute approximate surface area is 126 Å². The Kier molecular flexibility index (Phi) is 7.15. The smallest absolute Gasteiger partial charge is 0.224 e. The van der Waals surface area contributed by atoms with Crippen molar-refractivity contribution in [2.24, 2.45) is 0 Å². The summed E-state index contributed by atoms with van der Waals surface area (Å²) >= 11 is 0. The molecule has 0 radical (unpaired) electrons. The van der Waals surface area contributed by atoms with Crippen molar-refractivity contribution in [1.29, 1.82) is 0 Å². The first-order chi connectivity index (χ1) is 9.93. The lowest BCUT2D eigenvalue weighted by molar-refractivity contribution is -0.116. The second-order valence-electron chi connectivity index (χ2n) is 5.52. The third-order valence-electron chi connectivity index (χ3n) is 3.35. The van der Waals surface area contributed by atoms with Gasteiger partial charge < -0.3 is 16.0 Å². The van der Waals surface area contributed by atoms with E-state index in [0.29, 0.717) is 18.2 Å². The Balaban J connectivity index is 2.42. The minimum atomic E-state index is -0.465. The second-order valence-corrected chi connectivity index (χ2v) is 5.52. The molecule has 0 spiro atoms. The highest BCUT2D eigenvalue weighted by Gasteiger charge is 2.11. The van der Waals surface area contributed by atoms with Crippen LogP contribution in [-0.2, 0) is 4.79 Å². The molecule has 0 saturated carbocycles. The summed E-state index contributed by atoms with van der Waals surface area (Å²) in [4.78, 5) is 14.2. The molecule has 0 aliphatic heterocycles. The maximum absolute atomic E-state index is 13.5. The van der Waals surface area contributed by atoms with E-state index < -0.39 is 5.82 Å². The number of benzene rings is 1. The van der Waals surface area contributed by atoms with Crippen LogP contribution in [0.5, 0.6) is 0 Å². The highest BCUT2D eigenvalue weighted by Crippen LogP contribution is 2.17. The lowest BCUT2D eigenvalue weighted by atomic mass is 10.2. The number of carbonyl (C=O) groups excluding carboxylic acids is 1. The third kappa shape index (κ3) is 6.12. The van der Waals surface area contributed by atoms with Gasteiger partial charge in [0.1, 0.15) is 5.82 Å². The van der Waals surface area contributed by atoms with Crippen molar-refractivity contribution in [3.05, 3.63) is 24.0 Å². The van der Waals surface area contributed by atoms with Gasteiger partial charge in [0.05, 0.1) is 5.69 Å². The van der Waals surface area contributed by atoms with Crippen molar-refractivity contribution in [3.63, 3.8) is 0 Å². The van der Waals surface area contributed by atoms with Gasteiger partial charge in [-0.3, -0.25) is 4.79 Å². The molecule has 5 heteroatoms. The zero-order valence-corrected chi connectivity index (χ0v) is 13.2. The lowest BCUT2D eigenvalue weighted by Gasteiger charge is -2.25. The van der Waals surface area contributed by atoms with E-state index in [1.807, 2.05) is 0 Å². The Morgan fingerprint density at radius 2 is 2.10 bits per heavy atom. The number of carbonyl (C=O) groups is 1. The Morgan fingerprint density at radius 1 is 1.38 bits per heavy atom. The van der Waals surface area contributed by atoms with Gasteiger partial charge in [0, 0.05) is 18.2 Å². The summed E-state index contributed by atoms with van der Waals surface area (Å²) < 4.78 is 13.5. The van der Waals surface area contributed by atoms with Crippen LogP contribution >= 0.6 is 0 Å². The zero-order valence-electron chi connectivity index (χ0n) is 13.2. The van der Waals surface area contributed by atoms with E-state index in [1.54, 1.807) is 0 Å². The van der Waals surface area contributed by atoms with Crippen LogP contribution in [0, 0.1) is 5.82 Å². The van der Waals surface area contributed by atoms with E-state index in [4.69, 9.17) is 5.73 Å². The number of anilines is 2. The van der Waals surface area contributed by atoms with Gasteiger partial charge in [-0.2, -0.15) is 0 Å². The molecule has 3 N–H and O–H groups in total. The SMILES string of the molecule is CCCN(CCCC(=O)Nc1cc(N)ccc1F)C(C)C. The van der Waals surface area contributed by atoms with Crippen LogP contribution < -0.4 is 11.1 Å². The molecule has 0 bridgehead atoms. The number of nitrogens with zero attached hydrogens (tertiary/aromatic N) is 1. The lowest BCUT2D eigenvalue weighted by Crippen LogP contribution is -2.33. The first kappa shape index (κ1) is 17.4. The highest BCUT2D eigenvalue weighted by atomic mass is 19.1. The summed E-state index contributed by atoms with van der Waals surface area (Å²) in [5.74, 6) is -0.646. The molecule has 0 unspecified atom stereocenters. The molecule has 1 aromatic carbocycles.